The van der Waals surface area contributed by atoms with E-state index in [-0.39, 0.29) is 11.6 Å². The summed E-state index contributed by atoms with van der Waals surface area (Å²) < 4.78 is 20.9. The van der Waals surface area contributed by atoms with Gasteiger partial charge in [0.15, 0.2) is 11.5 Å². The largest absolute Gasteiger partial charge is 0.493 e. The van der Waals surface area contributed by atoms with E-state index in [9.17, 15) is 9.59 Å². The van der Waals surface area contributed by atoms with Crippen molar-refractivity contribution in [2.45, 2.75) is 6.92 Å². The van der Waals surface area contributed by atoms with Crippen LogP contribution >= 0.6 is 0 Å². The summed E-state index contributed by atoms with van der Waals surface area (Å²) >= 11 is 0. The minimum Gasteiger partial charge on any atom is -0.493 e. The van der Waals surface area contributed by atoms with Crippen LogP contribution in [-0.2, 0) is 14.3 Å². The van der Waals surface area contributed by atoms with E-state index in [0.717, 1.165) is 0 Å². The molecule has 2 N–H and O–H groups in total. The Morgan fingerprint density at radius 3 is 2.23 bits per heavy atom. The molecule has 0 aliphatic carbocycles. The van der Waals surface area contributed by atoms with Crippen molar-refractivity contribution in [3.8, 4) is 17.2 Å². The van der Waals surface area contributed by atoms with E-state index < -0.39 is 5.91 Å². The Hall–Kier alpha value is -3.52. The number of carbonyl (C=O) groups is 2. The highest BCUT2D eigenvalue weighted by Crippen LogP contribution is 2.28. The van der Waals surface area contributed by atoms with E-state index in [1.165, 1.54) is 21.1 Å². The molecule has 0 aliphatic heterocycles. The van der Waals surface area contributed by atoms with Crippen LogP contribution in [0.1, 0.15) is 12.5 Å². The monoisotopic (exact) mass is 414 g/mol. The molecule has 0 saturated carbocycles. The second-order valence-corrected chi connectivity index (χ2v) is 6.17. The third kappa shape index (κ3) is 6.82. The quantitative estimate of drug-likeness (QED) is 0.459. The SMILES string of the molecule is COCCOc1ccc(NC(=O)/C(=C/c2ccc(OC)c(OC)c2)NC(C)=O)cc1. The van der Waals surface area contributed by atoms with Crippen LogP contribution in [0.4, 0.5) is 5.69 Å². The molecular weight excluding hydrogens is 388 g/mol. The molecule has 0 heterocycles. The van der Waals surface area contributed by atoms with E-state index >= 15 is 0 Å². The first-order valence-electron chi connectivity index (χ1n) is 9.21. The number of rotatable bonds is 10. The van der Waals surface area contributed by atoms with Crippen LogP contribution in [-0.4, -0.2) is 46.4 Å². The van der Waals surface area contributed by atoms with Gasteiger partial charge < -0.3 is 29.6 Å². The van der Waals surface area contributed by atoms with Gasteiger partial charge in [-0.15, -0.1) is 0 Å². The fourth-order valence-electron chi connectivity index (χ4n) is 2.53. The molecule has 8 heteroatoms. The topological polar surface area (TPSA) is 95.1 Å². The molecule has 2 amide bonds. The highest BCUT2D eigenvalue weighted by molar-refractivity contribution is 6.08. The summed E-state index contributed by atoms with van der Waals surface area (Å²) in [5.41, 5.74) is 1.31. The first-order valence-corrected chi connectivity index (χ1v) is 9.21. The van der Waals surface area contributed by atoms with Crippen LogP contribution in [0.25, 0.3) is 6.08 Å². The first-order chi connectivity index (χ1) is 14.5. The molecule has 0 unspecified atom stereocenters. The number of amides is 2. The van der Waals surface area contributed by atoms with Gasteiger partial charge in [-0.3, -0.25) is 9.59 Å². The molecule has 0 radical (unpaired) electrons. The minimum absolute atomic E-state index is 0.0927. The van der Waals surface area contributed by atoms with Gasteiger partial charge in [-0.25, -0.2) is 0 Å². The Morgan fingerprint density at radius 1 is 0.933 bits per heavy atom. The lowest BCUT2D eigenvalue weighted by Gasteiger charge is -2.12. The van der Waals surface area contributed by atoms with Crippen LogP contribution in [0.2, 0.25) is 0 Å². The molecule has 0 aromatic heterocycles. The molecule has 0 bridgehead atoms. The summed E-state index contributed by atoms with van der Waals surface area (Å²) in [6, 6.07) is 12.1. The summed E-state index contributed by atoms with van der Waals surface area (Å²) in [6.45, 7) is 2.25. The van der Waals surface area contributed by atoms with E-state index in [2.05, 4.69) is 10.6 Å². The fraction of sp³-hybridized carbons (Fsp3) is 0.273. The standard InChI is InChI=1S/C22H26N2O6/c1-15(25)23-19(13-16-5-10-20(28-3)21(14-16)29-4)22(26)24-17-6-8-18(9-7-17)30-12-11-27-2/h5-10,13-14H,11-12H2,1-4H3,(H,23,25)(H,24,26)/b19-13-. The molecular formula is C22H26N2O6. The number of methoxy groups -OCH3 is 3. The molecule has 30 heavy (non-hydrogen) atoms. The van der Waals surface area contributed by atoms with Crippen LogP contribution in [0.5, 0.6) is 17.2 Å². The maximum absolute atomic E-state index is 12.7. The zero-order valence-electron chi connectivity index (χ0n) is 17.5. The molecule has 0 spiro atoms. The number of hydrogen-bond donors (Lipinski definition) is 2. The number of nitrogens with one attached hydrogen (secondary N) is 2. The Morgan fingerprint density at radius 2 is 1.63 bits per heavy atom. The van der Waals surface area contributed by atoms with Gasteiger partial charge in [-0.05, 0) is 48.0 Å². The van der Waals surface area contributed by atoms with Crippen molar-refractivity contribution in [2.75, 3.05) is 39.9 Å². The van der Waals surface area contributed by atoms with Crippen LogP contribution in [0.3, 0.4) is 0 Å². The van der Waals surface area contributed by atoms with Gasteiger partial charge in [0.1, 0.15) is 18.1 Å². The molecule has 2 aromatic carbocycles. The highest BCUT2D eigenvalue weighted by Gasteiger charge is 2.13. The normalized spacial score (nSPS) is 10.9. The molecule has 0 aliphatic rings. The average Bonchev–Trinajstić information content (AvgIpc) is 2.74. The maximum atomic E-state index is 12.7. The fourth-order valence-corrected chi connectivity index (χ4v) is 2.53. The lowest BCUT2D eigenvalue weighted by atomic mass is 10.1. The molecule has 0 saturated heterocycles. The summed E-state index contributed by atoms with van der Waals surface area (Å²) in [5, 5.41) is 5.31. The van der Waals surface area contributed by atoms with E-state index in [1.54, 1.807) is 55.7 Å². The van der Waals surface area contributed by atoms with Gasteiger partial charge >= 0.3 is 0 Å². The Bertz CT molecular complexity index is 893. The number of anilines is 1. The highest BCUT2D eigenvalue weighted by atomic mass is 16.5. The van der Waals surface area contributed by atoms with Gasteiger partial charge in [-0.1, -0.05) is 6.07 Å². The van der Waals surface area contributed by atoms with Gasteiger partial charge in [0.2, 0.25) is 5.91 Å². The van der Waals surface area contributed by atoms with Crippen molar-refractivity contribution >= 4 is 23.6 Å². The number of benzene rings is 2. The predicted octanol–water partition coefficient (Wildman–Crippen LogP) is 2.84. The lowest BCUT2D eigenvalue weighted by molar-refractivity contribution is -0.120. The third-order valence-corrected chi connectivity index (χ3v) is 3.94. The summed E-state index contributed by atoms with van der Waals surface area (Å²) in [6.07, 6.45) is 1.56. The smallest absolute Gasteiger partial charge is 0.272 e. The van der Waals surface area contributed by atoms with Crippen molar-refractivity contribution in [1.82, 2.24) is 5.32 Å². The van der Waals surface area contributed by atoms with Crippen molar-refractivity contribution in [1.29, 1.82) is 0 Å². The molecule has 0 atom stereocenters. The van der Waals surface area contributed by atoms with E-state index in [0.29, 0.717) is 41.7 Å². The summed E-state index contributed by atoms with van der Waals surface area (Å²) in [4.78, 5) is 24.3. The molecule has 0 fully saturated rings. The summed E-state index contributed by atoms with van der Waals surface area (Å²) in [5.74, 6) is 0.908. The van der Waals surface area contributed by atoms with Crippen molar-refractivity contribution in [3.63, 3.8) is 0 Å². The second kappa shape index (κ2) is 11.5. The van der Waals surface area contributed by atoms with Crippen molar-refractivity contribution in [2.24, 2.45) is 0 Å². The van der Waals surface area contributed by atoms with Crippen LogP contribution < -0.4 is 24.8 Å². The zero-order chi connectivity index (χ0) is 21.9. The van der Waals surface area contributed by atoms with Gasteiger partial charge in [0.25, 0.3) is 5.91 Å². The van der Waals surface area contributed by atoms with Gasteiger partial charge in [-0.2, -0.15) is 0 Å². The Labute approximate surface area is 175 Å². The first kappa shape index (κ1) is 22.8. The van der Waals surface area contributed by atoms with Gasteiger partial charge in [0, 0.05) is 19.7 Å². The maximum Gasteiger partial charge on any atom is 0.272 e. The average molecular weight is 414 g/mol. The van der Waals surface area contributed by atoms with E-state index in [1.807, 2.05) is 0 Å². The Balaban J connectivity index is 2.17. The van der Waals surface area contributed by atoms with Crippen molar-refractivity contribution in [3.05, 3.63) is 53.7 Å². The van der Waals surface area contributed by atoms with Gasteiger partial charge in [0.05, 0.1) is 20.8 Å². The summed E-state index contributed by atoms with van der Waals surface area (Å²) in [7, 11) is 4.66. The number of carbonyl (C=O) groups excluding carboxylic acids is 2. The zero-order valence-corrected chi connectivity index (χ0v) is 17.5. The molecule has 2 aromatic rings. The molecule has 160 valence electrons. The molecule has 2 rings (SSSR count). The number of hydrogen-bond acceptors (Lipinski definition) is 6. The minimum atomic E-state index is -0.465. The van der Waals surface area contributed by atoms with Crippen molar-refractivity contribution < 1.29 is 28.5 Å². The van der Waals surface area contributed by atoms with E-state index in [4.69, 9.17) is 18.9 Å². The van der Waals surface area contributed by atoms with Crippen LogP contribution in [0.15, 0.2) is 48.2 Å². The Kier molecular flexibility index (Phi) is 8.71. The third-order valence-electron chi connectivity index (χ3n) is 3.94. The number of ether oxygens (including phenoxy) is 4. The molecule has 8 nitrogen and oxygen atoms in total. The predicted molar refractivity (Wildman–Crippen MR) is 114 cm³/mol. The van der Waals surface area contributed by atoms with Crippen LogP contribution in [0, 0.1) is 0 Å². The second-order valence-electron chi connectivity index (χ2n) is 6.17. The lowest BCUT2D eigenvalue weighted by Crippen LogP contribution is -2.28.